The van der Waals surface area contributed by atoms with Crippen LogP contribution in [0.4, 0.5) is 0 Å². The van der Waals surface area contributed by atoms with E-state index in [1.54, 1.807) is 0 Å². The summed E-state index contributed by atoms with van der Waals surface area (Å²) in [4.78, 5) is 19.8. The number of aromatic nitrogens is 2. The van der Waals surface area contributed by atoms with Crippen LogP contribution in [0.3, 0.4) is 0 Å². The molecule has 3 rings (SSSR count). The monoisotopic (exact) mass is 346 g/mol. The van der Waals surface area contributed by atoms with E-state index in [1.165, 1.54) is 0 Å². The molecule has 2 aromatic rings. The first-order valence-corrected chi connectivity index (χ1v) is 6.81. The van der Waals surface area contributed by atoms with Crippen molar-refractivity contribution in [2.45, 2.75) is 19.1 Å². The molecule has 2 unspecified atom stereocenters. The van der Waals surface area contributed by atoms with E-state index in [0.29, 0.717) is 13.2 Å². The van der Waals surface area contributed by atoms with Gasteiger partial charge in [-0.25, -0.2) is 4.98 Å². The third kappa shape index (κ3) is 4.10. The van der Waals surface area contributed by atoms with Crippen LogP contribution in [0.2, 0.25) is 0 Å². The van der Waals surface area contributed by atoms with Crippen molar-refractivity contribution in [3.63, 3.8) is 0 Å². The molecule has 1 fully saturated rings. The highest BCUT2D eigenvalue weighted by molar-refractivity contribution is 5.85. The lowest BCUT2D eigenvalue weighted by Gasteiger charge is -2.24. The van der Waals surface area contributed by atoms with Gasteiger partial charge in [-0.15, -0.1) is 24.8 Å². The molecule has 1 saturated heterocycles. The number of rotatable bonds is 3. The number of ether oxygens (including phenoxy) is 1. The molecule has 0 spiro atoms. The summed E-state index contributed by atoms with van der Waals surface area (Å²) in [7, 11) is 0. The zero-order valence-corrected chi connectivity index (χ0v) is 13.8. The summed E-state index contributed by atoms with van der Waals surface area (Å²) in [5, 5.41) is 6.07. The fourth-order valence-corrected chi connectivity index (χ4v) is 2.29. The van der Waals surface area contributed by atoms with Gasteiger partial charge in [0.05, 0.1) is 23.7 Å². The van der Waals surface area contributed by atoms with Crippen molar-refractivity contribution in [2.75, 3.05) is 19.7 Å². The Morgan fingerprint density at radius 2 is 2.18 bits per heavy atom. The number of H-pyrrole nitrogens is 1. The molecule has 1 aromatic heterocycles. The van der Waals surface area contributed by atoms with Crippen molar-refractivity contribution < 1.29 is 9.53 Å². The summed E-state index contributed by atoms with van der Waals surface area (Å²) in [5.74, 6) is 0.647. The molecule has 0 radical (unpaired) electrons. The van der Waals surface area contributed by atoms with Crippen molar-refractivity contribution in [2.24, 2.45) is 0 Å². The highest BCUT2D eigenvalue weighted by Gasteiger charge is 2.24. The zero-order valence-electron chi connectivity index (χ0n) is 12.2. The zero-order chi connectivity index (χ0) is 13.9. The van der Waals surface area contributed by atoms with Crippen LogP contribution in [0, 0.1) is 0 Å². The van der Waals surface area contributed by atoms with Crippen LogP contribution in [0.25, 0.3) is 11.0 Å². The minimum absolute atomic E-state index is 0. The number of halogens is 2. The van der Waals surface area contributed by atoms with E-state index in [2.05, 4.69) is 20.6 Å². The Labute approximate surface area is 141 Å². The molecule has 1 aliphatic heterocycles. The van der Waals surface area contributed by atoms with Gasteiger partial charge in [0.2, 0.25) is 0 Å². The first-order chi connectivity index (χ1) is 9.74. The molecular formula is C14H20Cl2N4O2. The third-order valence-electron chi connectivity index (χ3n) is 3.40. The number of nitrogens with one attached hydrogen (secondary N) is 3. The predicted octanol–water partition coefficient (Wildman–Crippen LogP) is 1.57. The summed E-state index contributed by atoms with van der Waals surface area (Å²) in [6, 6.07) is 7.62. The topological polar surface area (TPSA) is 79.0 Å². The molecule has 0 aliphatic carbocycles. The predicted molar refractivity (Wildman–Crippen MR) is 89.8 cm³/mol. The van der Waals surface area contributed by atoms with Crippen molar-refractivity contribution in [1.29, 1.82) is 0 Å². The average Bonchev–Trinajstić information content (AvgIpc) is 2.92. The molecule has 2 atom stereocenters. The number of nitrogens with zero attached hydrogens (tertiary/aromatic N) is 1. The van der Waals surface area contributed by atoms with Gasteiger partial charge in [0.25, 0.3) is 5.91 Å². The standard InChI is InChI=1S/C14H18N4O2.2ClH/c1-9(16-14(19)12-8-15-6-7-20-12)13-17-10-4-2-3-5-11(10)18-13;;/h2-5,9,12,15H,6-8H2,1H3,(H,16,19)(H,17,18);2*1H. The van der Waals surface area contributed by atoms with Gasteiger partial charge in [0, 0.05) is 13.1 Å². The Balaban J connectivity index is 0.00000121. The van der Waals surface area contributed by atoms with Crippen molar-refractivity contribution in [1.82, 2.24) is 20.6 Å². The molecule has 122 valence electrons. The second-order valence-electron chi connectivity index (χ2n) is 4.93. The fourth-order valence-electron chi connectivity index (χ4n) is 2.29. The third-order valence-corrected chi connectivity index (χ3v) is 3.40. The van der Waals surface area contributed by atoms with Crippen LogP contribution in [-0.4, -0.2) is 41.7 Å². The van der Waals surface area contributed by atoms with E-state index in [-0.39, 0.29) is 36.8 Å². The molecule has 3 N–H and O–H groups in total. The van der Waals surface area contributed by atoms with E-state index < -0.39 is 6.10 Å². The van der Waals surface area contributed by atoms with E-state index in [4.69, 9.17) is 4.74 Å². The molecule has 0 saturated carbocycles. The van der Waals surface area contributed by atoms with Gasteiger partial charge < -0.3 is 20.4 Å². The Morgan fingerprint density at radius 3 is 2.86 bits per heavy atom. The molecular weight excluding hydrogens is 327 g/mol. The van der Waals surface area contributed by atoms with Crippen LogP contribution < -0.4 is 10.6 Å². The number of benzene rings is 1. The molecule has 6 nitrogen and oxygen atoms in total. The van der Waals surface area contributed by atoms with E-state index in [1.807, 2.05) is 31.2 Å². The summed E-state index contributed by atoms with van der Waals surface area (Å²) in [5.41, 5.74) is 1.87. The molecule has 1 amide bonds. The maximum atomic E-state index is 12.1. The van der Waals surface area contributed by atoms with Gasteiger partial charge in [-0.1, -0.05) is 12.1 Å². The number of hydrogen-bond acceptors (Lipinski definition) is 4. The highest BCUT2D eigenvalue weighted by Crippen LogP contribution is 2.15. The van der Waals surface area contributed by atoms with Crippen LogP contribution in [0.1, 0.15) is 18.8 Å². The number of aromatic amines is 1. The quantitative estimate of drug-likeness (QED) is 0.788. The van der Waals surface area contributed by atoms with Gasteiger partial charge in [0.1, 0.15) is 11.9 Å². The number of carbonyl (C=O) groups excluding carboxylic acids is 1. The number of hydrogen-bond donors (Lipinski definition) is 3. The molecule has 2 heterocycles. The van der Waals surface area contributed by atoms with Crippen molar-refractivity contribution in [3.05, 3.63) is 30.1 Å². The van der Waals surface area contributed by atoms with Crippen molar-refractivity contribution >= 4 is 41.8 Å². The summed E-state index contributed by atoms with van der Waals surface area (Å²) >= 11 is 0. The lowest BCUT2D eigenvalue weighted by molar-refractivity contribution is -0.134. The number of fused-ring (bicyclic) bond motifs is 1. The highest BCUT2D eigenvalue weighted by atomic mass is 35.5. The molecule has 0 bridgehead atoms. The molecule has 22 heavy (non-hydrogen) atoms. The number of morpholine rings is 1. The Bertz CT molecular complexity index is 581. The number of amides is 1. The number of para-hydroxylation sites is 2. The van der Waals surface area contributed by atoms with E-state index in [9.17, 15) is 4.79 Å². The minimum atomic E-state index is -0.421. The van der Waals surface area contributed by atoms with E-state index in [0.717, 1.165) is 23.4 Å². The molecule has 1 aliphatic rings. The Kier molecular flexibility index (Phi) is 7.09. The fraction of sp³-hybridized carbons (Fsp3) is 0.429. The lowest BCUT2D eigenvalue weighted by atomic mass is 10.2. The summed E-state index contributed by atoms with van der Waals surface area (Å²) < 4.78 is 5.43. The van der Waals surface area contributed by atoms with Gasteiger partial charge in [-0.05, 0) is 19.1 Å². The maximum Gasteiger partial charge on any atom is 0.251 e. The Morgan fingerprint density at radius 1 is 1.41 bits per heavy atom. The number of carbonyl (C=O) groups is 1. The smallest absolute Gasteiger partial charge is 0.251 e. The van der Waals surface area contributed by atoms with Gasteiger partial charge in [-0.3, -0.25) is 4.79 Å². The van der Waals surface area contributed by atoms with Crippen LogP contribution >= 0.6 is 24.8 Å². The second-order valence-corrected chi connectivity index (χ2v) is 4.93. The summed E-state index contributed by atoms with van der Waals surface area (Å²) in [6.45, 7) is 3.82. The maximum absolute atomic E-state index is 12.1. The normalized spacial score (nSPS) is 18.9. The minimum Gasteiger partial charge on any atom is -0.366 e. The van der Waals surface area contributed by atoms with Gasteiger partial charge in [0.15, 0.2) is 0 Å². The van der Waals surface area contributed by atoms with Crippen LogP contribution in [0.5, 0.6) is 0 Å². The largest absolute Gasteiger partial charge is 0.366 e. The number of imidazole rings is 1. The summed E-state index contributed by atoms with van der Waals surface area (Å²) in [6.07, 6.45) is -0.421. The molecule has 1 aromatic carbocycles. The van der Waals surface area contributed by atoms with Crippen LogP contribution in [-0.2, 0) is 9.53 Å². The Hall–Kier alpha value is -1.34. The first kappa shape index (κ1) is 18.7. The average molecular weight is 347 g/mol. The van der Waals surface area contributed by atoms with E-state index >= 15 is 0 Å². The second kappa shape index (κ2) is 8.33. The first-order valence-electron chi connectivity index (χ1n) is 6.81. The lowest BCUT2D eigenvalue weighted by Crippen LogP contribution is -2.48. The van der Waals surface area contributed by atoms with Crippen molar-refractivity contribution in [3.8, 4) is 0 Å². The van der Waals surface area contributed by atoms with Gasteiger partial charge >= 0.3 is 0 Å². The molecule has 8 heteroatoms. The van der Waals surface area contributed by atoms with Crippen LogP contribution in [0.15, 0.2) is 24.3 Å². The SMILES string of the molecule is CC(NC(=O)C1CNCCO1)c1nc2ccccc2[nH]1.Cl.Cl. The van der Waals surface area contributed by atoms with Gasteiger partial charge in [-0.2, -0.15) is 0 Å².